The van der Waals surface area contributed by atoms with Gasteiger partial charge < -0.3 is 10.1 Å². The molecule has 1 aromatic rings. The predicted molar refractivity (Wildman–Crippen MR) is 88.1 cm³/mol. The fourth-order valence-corrected chi connectivity index (χ4v) is 1.87. The smallest absolute Gasteiger partial charge is 0.407 e. The molecule has 0 radical (unpaired) electrons. The molecule has 0 aliphatic heterocycles. The fraction of sp³-hybridized carbons (Fsp3) is 0.500. The first kappa shape index (κ1) is 17.3. The SMILES string of the molecule is CC(C)C(C/C=C\c1ccccc1)NC(=O)OC(C)(C)C. The molecule has 0 bridgehead atoms. The zero-order chi connectivity index (χ0) is 15.9. The Balaban J connectivity index is 2.54. The highest BCUT2D eigenvalue weighted by atomic mass is 16.6. The number of carbonyl (C=O) groups excluding carboxylic acids is 1. The molecule has 0 spiro atoms. The average Bonchev–Trinajstić information content (AvgIpc) is 2.36. The largest absolute Gasteiger partial charge is 0.444 e. The first-order valence-electron chi connectivity index (χ1n) is 7.49. The van der Waals surface area contributed by atoms with Crippen LogP contribution in [0.25, 0.3) is 6.08 Å². The highest BCUT2D eigenvalue weighted by Crippen LogP contribution is 2.12. The van der Waals surface area contributed by atoms with Crippen molar-refractivity contribution in [3.63, 3.8) is 0 Å². The molecule has 1 rings (SSSR count). The summed E-state index contributed by atoms with van der Waals surface area (Å²) in [4.78, 5) is 11.8. The minimum absolute atomic E-state index is 0.0693. The van der Waals surface area contributed by atoms with Crippen molar-refractivity contribution in [1.29, 1.82) is 0 Å². The first-order valence-corrected chi connectivity index (χ1v) is 7.49. The number of ether oxygens (including phenoxy) is 1. The summed E-state index contributed by atoms with van der Waals surface area (Å²) >= 11 is 0. The molecule has 1 unspecified atom stereocenters. The van der Waals surface area contributed by atoms with Gasteiger partial charge in [0, 0.05) is 6.04 Å². The zero-order valence-corrected chi connectivity index (χ0v) is 13.7. The normalized spacial score (nSPS) is 13.4. The van der Waals surface area contributed by atoms with Crippen molar-refractivity contribution in [3.8, 4) is 0 Å². The highest BCUT2D eigenvalue weighted by molar-refractivity contribution is 5.68. The van der Waals surface area contributed by atoms with Gasteiger partial charge in [0.15, 0.2) is 0 Å². The molecule has 0 aliphatic rings. The molecule has 1 aromatic carbocycles. The number of alkyl carbamates (subject to hydrolysis) is 1. The van der Waals surface area contributed by atoms with Gasteiger partial charge in [0.2, 0.25) is 0 Å². The second kappa shape index (κ2) is 7.87. The summed E-state index contributed by atoms with van der Waals surface area (Å²) in [6.07, 6.45) is 4.60. The summed E-state index contributed by atoms with van der Waals surface area (Å²) in [5.41, 5.74) is 0.697. The topological polar surface area (TPSA) is 38.3 Å². The Kier molecular flexibility index (Phi) is 6.47. The predicted octanol–water partition coefficient (Wildman–Crippen LogP) is 4.64. The molecule has 1 atom stereocenters. The molecule has 21 heavy (non-hydrogen) atoms. The van der Waals surface area contributed by atoms with Crippen molar-refractivity contribution in [3.05, 3.63) is 42.0 Å². The summed E-state index contributed by atoms with van der Waals surface area (Å²) in [6.45, 7) is 9.79. The van der Waals surface area contributed by atoms with Crippen LogP contribution in [0.5, 0.6) is 0 Å². The Hall–Kier alpha value is -1.77. The maximum absolute atomic E-state index is 11.8. The molecule has 0 saturated heterocycles. The van der Waals surface area contributed by atoms with E-state index in [1.807, 2.05) is 39.0 Å². The molecule has 0 aromatic heterocycles. The summed E-state index contributed by atoms with van der Waals surface area (Å²) in [7, 11) is 0. The Morgan fingerprint density at radius 3 is 2.38 bits per heavy atom. The number of hydrogen-bond acceptors (Lipinski definition) is 2. The lowest BCUT2D eigenvalue weighted by atomic mass is 10.0. The lowest BCUT2D eigenvalue weighted by molar-refractivity contribution is 0.0491. The third kappa shape index (κ3) is 7.54. The molecule has 0 saturated carbocycles. The van der Waals surface area contributed by atoms with Crippen LogP contribution in [0, 0.1) is 5.92 Å². The van der Waals surface area contributed by atoms with Crippen molar-refractivity contribution in [1.82, 2.24) is 5.32 Å². The van der Waals surface area contributed by atoms with Crippen LogP contribution >= 0.6 is 0 Å². The van der Waals surface area contributed by atoms with Gasteiger partial charge in [-0.2, -0.15) is 0 Å². The Labute approximate surface area is 128 Å². The molecule has 3 nitrogen and oxygen atoms in total. The summed E-state index contributed by atoms with van der Waals surface area (Å²) in [6, 6.07) is 10.2. The molecule has 0 aliphatic carbocycles. The minimum Gasteiger partial charge on any atom is -0.444 e. The fourth-order valence-electron chi connectivity index (χ4n) is 1.87. The van der Waals surface area contributed by atoms with Crippen LogP contribution in [0.2, 0.25) is 0 Å². The number of nitrogens with one attached hydrogen (secondary N) is 1. The molecular formula is C18H27NO2. The van der Waals surface area contributed by atoms with Gasteiger partial charge in [-0.25, -0.2) is 4.79 Å². The van der Waals surface area contributed by atoms with E-state index < -0.39 is 5.60 Å². The number of benzene rings is 1. The van der Waals surface area contributed by atoms with Gasteiger partial charge in [0.25, 0.3) is 0 Å². The highest BCUT2D eigenvalue weighted by Gasteiger charge is 2.20. The van der Waals surface area contributed by atoms with Gasteiger partial charge in [-0.05, 0) is 38.7 Å². The summed E-state index contributed by atoms with van der Waals surface area (Å²) < 4.78 is 5.31. The van der Waals surface area contributed by atoms with E-state index in [1.165, 1.54) is 0 Å². The average molecular weight is 289 g/mol. The van der Waals surface area contributed by atoms with Gasteiger partial charge in [-0.1, -0.05) is 56.3 Å². The maximum Gasteiger partial charge on any atom is 0.407 e. The van der Waals surface area contributed by atoms with E-state index >= 15 is 0 Å². The van der Waals surface area contributed by atoms with E-state index in [4.69, 9.17) is 4.74 Å². The van der Waals surface area contributed by atoms with Crippen LogP contribution < -0.4 is 5.32 Å². The summed E-state index contributed by atoms with van der Waals surface area (Å²) in [5.74, 6) is 0.345. The van der Waals surface area contributed by atoms with Gasteiger partial charge in [-0.3, -0.25) is 0 Å². The van der Waals surface area contributed by atoms with E-state index in [0.717, 1.165) is 12.0 Å². The van der Waals surface area contributed by atoms with E-state index in [0.29, 0.717) is 5.92 Å². The van der Waals surface area contributed by atoms with Crippen LogP contribution in [-0.2, 0) is 4.74 Å². The third-order valence-corrected chi connectivity index (χ3v) is 3.01. The zero-order valence-electron chi connectivity index (χ0n) is 13.7. The van der Waals surface area contributed by atoms with Gasteiger partial charge in [-0.15, -0.1) is 0 Å². The molecule has 1 N–H and O–H groups in total. The second-order valence-corrected chi connectivity index (χ2v) is 6.55. The van der Waals surface area contributed by atoms with E-state index in [9.17, 15) is 4.79 Å². The monoisotopic (exact) mass is 289 g/mol. The number of carbonyl (C=O) groups is 1. The second-order valence-electron chi connectivity index (χ2n) is 6.55. The Morgan fingerprint density at radius 1 is 1.24 bits per heavy atom. The standard InChI is InChI=1S/C18H27NO2/c1-14(2)16(19-17(20)21-18(3,4)5)13-9-12-15-10-7-6-8-11-15/h6-12,14,16H,13H2,1-5H3,(H,19,20)/b12-9-. The van der Waals surface area contributed by atoms with Crippen molar-refractivity contribution < 1.29 is 9.53 Å². The summed E-state index contributed by atoms with van der Waals surface area (Å²) in [5, 5.41) is 2.95. The van der Waals surface area contributed by atoms with Crippen LogP contribution in [0.1, 0.15) is 46.6 Å². The minimum atomic E-state index is -0.467. The van der Waals surface area contributed by atoms with Crippen molar-refractivity contribution in [2.75, 3.05) is 0 Å². The number of hydrogen-bond donors (Lipinski definition) is 1. The van der Waals surface area contributed by atoms with Gasteiger partial charge in [0.1, 0.15) is 5.60 Å². The molecule has 0 fully saturated rings. The van der Waals surface area contributed by atoms with Crippen LogP contribution in [0.15, 0.2) is 36.4 Å². The van der Waals surface area contributed by atoms with Crippen LogP contribution in [0.3, 0.4) is 0 Å². The lowest BCUT2D eigenvalue weighted by Crippen LogP contribution is -2.41. The maximum atomic E-state index is 11.8. The van der Waals surface area contributed by atoms with Crippen LogP contribution in [0.4, 0.5) is 4.79 Å². The molecule has 1 amide bonds. The van der Waals surface area contributed by atoms with Gasteiger partial charge >= 0.3 is 6.09 Å². The van der Waals surface area contributed by atoms with E-state index in [2.05, 4.69) is 43.4 Å². The van der Waals surface area contributed by atoms with E-state index in [-0.39, 0.29) is 12.1 Å². The first-order chi connectivity index (χ1) is 9.78. The molecule has 116 valence electrons. The number of amides is 1. The lowest BCUT2D eigenvalue weighted by Gasteiger charge is -2.25. The van der Waals surface area contributed by atoms with Crippen molar-refractivity contribution in [2.24, 2.45) is 5.92 Å². The molecule has 0 heterocycles. The van der Waals surface area contributed by atoms with Gasteiger partial charge in [0.05, 0.1) is 0 Å². The molecular weight excluding hydrogens is 262 g/mol. The van der Waals surface area contributed by atoms with Crippen molar-refractivity contribution in [2.45, 2.75) is 52.7 Å². The quantitative estimate of drug-likeness (QED) is 0.857. The molecule has 3 heteroatoms. The van der Waals surface area contributed by atoms with Crippen molar-refractivity contribution >= 4 is 12.2 Å². The van der Waals surface area contributed by atoms with Crippen LogP contribution in [-0.4, -0.2) is 17.7 Å². The Morgan fingerprint density at radius 2 is 1.86 bits per heavy atom. The van der Waals surface area contributed by atoms with E-state index in [1.54, 1.807) is 0 Å². The Bertz CT molecular complexity index is 458. The third-order valence-electron chi connectivity index (χ3n) is 3.01. The number of rotatable bonds is 5.